The third kappa shape index (κ3) is 4.62. The van der Waals surface area contributed by atoms with Crippen LogP contribution in [0.15, 0.2) is 115 Å². The van der Waals surface area contributed by atoms with Crippen LogP contribution in [0.1, 0.15) is 0 Å². The van der Waals surface area contributed by atoms with Crippen molar-refractivity contribution in [3.8, 4) is 22.4 Å². The van der Waals surface area contributed by atoms with E-state index >= 15 is 0 Å². The molecule has 0 N–H and O–H groups in total. The van der Waals surface area contributed by atoms with Gasteiger partial charge in [-0.3, -0.25) is 4.98 Å². The van der Waals surface area contributed by atoms with Gasteiger partial charge in [-0.25, -0.2) is 0 Å². The fourth-order valence-corrected chi connectivity index (χ4v) is 2.96. The van der Waals surface area contributed by atoms with Gasteiger partial charge in [-0.15, -0.1) is 35.9 Å². The van der Waals surface area contributed by atoms with E-state index in [4.69, 9.17) is 4.98 Å². The SMILES string of the molecule is [Fe].[cH-]1[cH-][cH-][cH-][cH-]1.c1ccc(-[c-]2ccc(-c3ccc4ccccc4n3)c2)cc1. The van der Waals surface area contributed by atoms with Gasteiger partial charge < -0.3 is 30.3 Å². The minimum atomic E-state index is 0. The second kappa shape index (κ2) is 9.14. The fraction of sp³-hybridized carbons (Fsp3) is 0. The number of para-hydroxylation sites is 1. The molecule has 0 atom stereocenters. The van der Waals surface area contributed by atoms with Crippen molar-refractivity contribution in [3.63, 3.8) is 0 Å². The molecule has 5 rings (SSSR count). The number of fused-ring (bicyclic) bond motifs is 1. The Bertz CT molecular complexity index is 1060. The molecule has 0 unspecified atom stereocenters. The zero-order chi connectivity index (χ0) is 17.6. The molecule has 0 spiro atoms. The first-order chi connectivity index (χ1) is 12.9. The van der Waals surface area contributed by atoms with Crippen molar-refractivity contribution in [2.24, 2.45) is 0 Å². The van der Waals surface area contributed by atoms with Gasteiger partial charge in [0.2, 0.25) is 0 Å². The van der Waals surface area contributed by atoms with Crippen LogP contribution in [-0.2, 0) is 17.1 Å². The van der Waals surface area contributed by atoms with Crippen LogP contribution in [0.25, 0.3) is 33.3 Å². The molecule has 0 radical (unpaired) electrons. The smallest absolute Gasteiger partial charge is 0.0701 e. The number of pyridine rings is 1. The molecule has 0 aliphatic rings. The van der Waals surface area contributed by atoms with Crippen LogP contribution in [0.5, 0.6) is 0 Å². The third-order valence-corrected chi connectivity index (χ3v) is 4.31. The molecule has 1 nitrogen and oxygen atoms in total. The van der Waals surface area contributed by atoms with E-state index in [0.29, 0.717) is 0 Å². The van der Waals surface area contributed by atoms with E-state index < -0.39 is 0 Å². The molecule has 1 heterocycles. The summed E-state index contributed by atoms with van der Waals surface area (Å²) in [6.07, 6.45) is 0. The second-order valence-corrected chi connectivity index (χ2v) is 6.11. The first kappa shape index (κ1) is 18.8. The van der Waals surface area contributed by atoms with Crippen LogP contribution in [0.4, 0.5) is 0 Å². The number of benzene rings is 2. The van der Waals surface area contributed by atoms with Gasteiger partial charge in [-0.05, 0) is 12.1 Å². The van der Waals surface area contributed by atoms with Crippen LogP contribution in [0.2, 0.25) is 0 Å². The van der Waals surface area contributed by atoms with E-state index in [-0.39, 0.29) is 17.1 Å². The van der Waals surface area contributed by atoms with Crippen LogP contribution in [0, 0.1) is 0 Å². The van der Waals surface area contributed by atoms with Gasteiger partial charge in [0.25, 0.3) is 0 Å². The number of aromatic nitrogens is 1. The second-order valence-electron chi connectivity index (χ2n) is 6.11. The molecule has 0 saturated carbocycles. The minimum absolute atomic E-state index is 0. The molecule has 27 heavy (non-hydrogen) atoms. The maximum absolute atomic E-state index is 4.75. The van der Waals surface area contributed by atoms with Gasteiger partial charge in [-0.2, -0.15) is 0 Å². The Morgan fingerprint density at radius 2 is 1.33 bits per heavy atom. The summed E-state index contributed by atoms with van der Waals surface area (Å²) in [5.41, 5.74) is 5.71. The summed E-state index contributed by atoms with van der Waals surface area (Å²) in [6, 6.07) is 39.4. The largest absolute Gasteiger partial charge is 0.748 e. The molecule has 4 aromatic carbocycles. The molecule has 0 saturated heterocycles. The van der Waals surface area contributed by atoms with E-state index in [1.54, 1.807) is 0 Å². The van der Waals surface area contributed by atoms with Crippen molar-refractivity contribution in [2.45, 2.75) is 0 Å². The van der Waals surface area contributed by atoms with Crippen molar-refractivity contribution < 1.29 is 17.1 Å². The minimum Gasteiger partial charge on any atom is -0.748 e. The maximum Gasteiger partial charge on any atom is 0.0701 e. The van der Waals surface area contributed by atoms with Crippen LogP contribution < -0.4 is 0 Å². The van der Waals surface area contributed by atoms with E-state index in [2.05, 4.69) is 66.7 Å². The summed E-state index contributed by atoms with van der Waals surface area (Å²) < 4.78 is 0. The van der Waals surface area contributed by atoms with Gasteiger partial charge in [0.05, 0.1) is 5.52 Å². The van der Waals surface area contributed by atoms with Gasteiger partial charge >= 0.3 is 0 Å². The predicted molar refractivity (Wildman–Crippen MR) is 110 cm³/mol. The van der Waals surface area contributed by atoms with E-state index in [1.807, 2.05) is 48.5 Å². The average molecular weight is 389 g/mol. The Balaban J connectivity index is 0.000000306. The molecule has 1 aromatic heterocycles. The molecule has 0 aliphatic carbocycles. The quantitative estimate of drug-likeness (QED) is 0.242. The zero-order valence-electron chi connectivity index (χ0n) is 14.8. The van der Waals surface area contributed by atoms with E-state index in [9.17, 15) is 0 Å². The molecule has 2 heteroatoms. The van der Waals surface area contributed by atoms with Crippen molar-refractivity contribution in [2.75, 3.05) is 0 Å². The molecule has 0 amide bonds. The van der Waals surface area contributed by atoms with Crippen molar-refractivity contribution in [1.82, 2.24) is 4.98 Å². The first-order valence-corrected chi connectivity index (χ1v) is 8.75. The Morgan fingerprint density at radius 1 is 0.667 bits per heavy atom. The molecule has 0 bridgehead atoms. The summed E-state index contributed by atoms with van der Waals surface area (Å²) in [7, 11) is 0. The Kier molecular flexibility index (Phi) is 6.38. The van der Waals surface area contributed by atoms with Gasteiger partial charge in [-0.1, -0.05) is 53.6 Å². The third-order valence-electron chi connectivity index (χ3n) is 4.31. The normalized spacial score (nSPS) is 9.93. The number of rotatable bonds is 2. The van der Waals surface area contributed by atoms with Gasteiger partial charge in [0.1, 0.15) is 0 Å². The molecular formula is C25H19FeN-6. The Labute approximate surface area is 170 Å². The average Bonchev–Trinajstić information content (AvgIpc) is 3.43. The summed E-state index contributed by atoms with van der Waals surface area (Å²) in [6.45, 7) is 0. The fourth-order valence-electron chi connectivity index (χ4n) is 2.96. The van der Waals surface area contributed by atoms with Gasteiger partial charge in [0, 0.05) is 28.1 Å². The molecular weight excluding hydrogens is 370 g/mol. The monoisotopic (exact) mass is 389 g/mol. The summed E-state index contributed by atoms with van der Waals surface area (Å²) in [4.78, 5) is 4.75. The molecule has 0 fully saturated rings. The maximum atomic E-state index is 4.75. The molecule has 0 aliphatic heterocycles. The van der Waals surface area contributed by atoms with Crippen molar-refractivity contribution in [3.05, 3.63) is 115 Å². The van der Waals surface area contributed by atoms with Gasteiger partial charge in [0.15, 0.2) is 0 Å². The topological polar surface area (TPSA) is 12.9 Å². The van der Waals surface area contributed by atoms with Crippen molar-refractivity contribution >= 4 is 10.9 Å². The number of hydrogen-bond acceptors (Lipinski definition) is 1. The Hall–Kier alpha value is -2.93. The summed E-state index contributed by atoms with van der Waals surface area (Å²) in [5.74, 6) is 0. The van der Waals surface area contributed by atoms with Crippen LogP contribution in [-0.4, -0.2) is 4.98 Å². The summed E-state index contributed by atoms with van der Waals surface area (Å²) >= 11 is 0. The van der Waals surface area contributed by atoms with Crippen LogP contribution >= 0.6 is 0 Å². The first-order valence-electron chi connectivity index (χ1n) is 8.75. The van der Waals surface area contributed by atoms with Crippen molar-refractivity contribution in [1.29, 1.82) is 0 Å². The molecule has 5 aromatic rings. The van der Waals surface area contributed by atoms with Crippen LogP contribution in [0.3, 0.4) is 0 Å². The number of hydrogen-bond donors (Lipinski definition) is 0. The number of nitrogens with zero attached hydrogens (tertiary/aromatic N) is 1. The van der Waals surface area contributed by atoms with E-state index in [0.717, 1.165) is 11.2 Å². The Morgan fingerprint density at radius 3 is 2.07 bits per heavy atom. The zero-order valence-corrected chi connectivity index (χ0v) is 15.9. The standard InChI is InChI=1S/C20H14N.C5H5.Fe/c1-2-6-15(7-3-1)17-10-11-18(14-17)20-13-12-16-8-4-5-9-19(16)21-20;1-2-4-5-3-1;/h1-14H;1-5H;/q-1;-5;. The molecule has 138 valence electrons. The summed E-state index contributed by atoms with van der Waals surface area (Å²) in [5, 5.41) is 1.18. The van der Waals surface area contributed by atoms with E-state index in [1.165, 1.54) is 22.1 Å². The predicted octanol–water partition coefficient (Wildman–Crippen LogP) is 6.69.